The van der Waals surface area contributed by atoms with E-state index in [9.17, 15) is 5.11 Å². The van der Waals surface area contributed by atoms with E-state index in [1.54, 1.807) is 26.4 Å². The lowest BCUT2D eigenvalue weighted by Gasteiger charge is -2.16. The molecule has 0 radical (unpaired) electrons. The number of benzene rings is 1. The molecule has 0 aliphatic carbocycles. The van der Waals surface area contributed by atoms with Crippen LogP contribution in [-0.2, 0) is 11.3 Å². The Hall–Kier alpha value is -1.46. The van der Waals surface area contributed by atoms with Gasteiger partial charge in [-0.25, -0.2) is 0 Å². The SMILES string of the molecule is COc1cc(CO)cc(OC)c1OCCCC1CCCO1. The average Bonchev–Trinajstić information content (AvgIpc) is 3.04. The first-order valence-corrected chi connectivity index (χ1v) is 7.38. The fourth-order valence-electron chi connectivity index (χ4n) is 2.52. The third kappa shape index (κ3) is 4.25. The predicted octanol–water partition coefficient (Wildman–Crippen LogP) is 2.53. The van der Waals surface area contributed by atoms with Crippen LogP contribution in [0.3, 0.4) is 0 Å². The van der Waals surface area contributed by atoms with Crippen LogP contribution in [0.5, 0.6) is 17.2 Å². The zero-order valence-corrected chi connectivity index (χ0v) is 12.8. The predicted molar refractivity (Wildman–Crippen MR) is 79.2 cm³/mol. The van der Waals surface area contributed by atoms with Gasteiger partial charge in [0, 0.05) is 6.61 Å². The Morgan fingerprint density at radius 2 is 1.95 bits per heavy atom. The Bertz CT molecular complexity index is 415. The summed E-state index contributed by atoms with van der Waals surface area (Å²) in [5.74, 6) is 1.75. The number of rotatable bonds is 8. The maximum absolute atomic E-state index is 9.24. The average molecular weight is 296 g/mol. The molecule has 1 aromatic carbocycles. The van der Waals surface area contributed by atoms with Crippen molar-refractivity contribution in [1.82, 2.24) is 0 Å². The highest BCUT2D eigenvalue weighted by atomic mass is 16.5. The van der Waals surface area contributed by atoms with Crippen LogP contribution in [0.4, 0.5) is 0 Å². The van der Waals surface area contributed by atoms with Crippen molar-refractivity contribution in [2.24, 2.45) is 0 Å². The molecule has 2 rings (SSSR count). The molecule has 5 nitrogen and oxygen atoms in total. The van der Waals surface area contributed by atoms with E-state index >= 15 is 0 Å². The van der Waals surface area contributed by atoms with E-state index in [1.807, 2.05) is 0 Å². The molecule has 1 unspecified atom stereocenters. The molecule has 0 bridgehead atoms. The Morgan fingerprint density at radius 3 is 2.48 bits per heavy atom. The fourth-order valence-corrected chi connectivity index (χ4v) is 2.52. The Morgan fingerprint density at radius 1 is 1.24 bits per heavy atom. The molecule has 1 heterocycles. The molecule has 1 N–H and O–H groups in total. The summed E-state index contributed by atoms with van der Waals surface area (Å²) in [7, 11) is 3.16. The molecule has 1 atom stereocenters. The van der Waals surface area contributed by atoms with Gasteiger partial charge in [0.2, 0.25) is 5.75 Å². The Kier molecular flexibility index (Phi) is 6.14. The summed E-state index contributed by atoms with van der Waals surface area (Å²) >= 11 is 0. The fraction of sp³-hybridized carbons (Fsp3) is 0.625. The van der Waals surface area contributed by atoms with Crippen LogP contribution in [0.25, 0.3) is 0 Å². The van der Waals surface area contributed by atoms with Crippen LogP contribution in [0.15, 0.2) is 12.1 Å². The topological polar surface area (TPSA) is 57.2 Å². The Balaban J connectivity index is 1.94. The molecule has 118 valence electrons. The summed E-state index contributed by atoms with van der Waals surface area (Å²) in [6.45, 7) is 1.41. The first-order valence-electron chi connectivity index (χ1n) is 7.38. The number of hydrogen-bond acceptors (Lipinski definition) is 5. The first-order chi connectivity index (χ1) is 10.3. The van der Waals surface area contributed by atoms with Crippen LogP contribution in [-0.4, -0.2) is 38.6 Å². The summed E-state index contributed by atoms with van der Waals surface area (Å²) in [6, 6.07) is 3.52. The van der Waals surface area contributed by atoms with Gasteiger partial charge in [-0.1, -0.05) is 0 Å². The van der Waals surface area contributed by atoms with Gasteiger partial charge in [-0.2, -0.15) is 0 Å². The van der Waals surface area contributed by atoms with Crippen LogP contribution in [0.1, 0.15) is 31.2 Å². The molecule has 0 saturated carbocycles. The second-order valence-electron chi connectivity index (χ2n) is 5.11. The minimum Gasteiger partial charge on any atom is -0.493 e. The number of ether oxygens (including phenoxy) is 4. The third-order valence-electron chi connectivity index (χ3n) is 3.64. The summed E-state index contributed by atoms with van der Waals surface area (Å²) in [5.41, 5.74) is 0.732. The van der Waals surface area contributed by atoms with Crippen molar-refractivity contribution in [2.75, 3.05) is 27.4 Å². The summed E-state index contributed by atoms with van der Waals surface area (Å²) in [4.78, 5) is 0. The van der Waals surface area contributed by atoms with Crippen LogP contribution in [0, 0.1) is 0 Å². The largest absolute Gasteiger partial charge is 0.493 e. The molecule has 1 fully saturated rings. The van der Waals surface area contributed by atoms with Gasteiger partial charge in [-0.3, -0.25) is 0 Å². The molecule has 1 saturated heterocycles. The lowest BCUT2D eigenvalue weighted by molar-refractivity contribution is 0.0978. The van der Waals surface area contributed by atoms with E-state index in [4.69, 9.17) is 18.9 Å². The van der Waals surface area contributed by atoms with Crippen molar-refractivity contribution < 1.29 is 24.1 Å². The smallest absolute Gasteiger partial charge is 0.203 e. The van der Waals surface area contributed by atoms with E-state index in [0.717, 1.165) is 37.9 Å². The molecule has 1 aromatic rings. The van der Waals surface area contributed by atoms with Crippen molar-refractivity contribution in [2.45, 2.75) is 38.4 Å². The van der Waals surface area contributed by atoms with Crippen LogP contribution < -0.4 is 14.2 Å². The standard InChI is InChI=1S/C16H24O5/c1-18-14-9-12(11-17)10-15(19-2)16(14)21-8-4-6-13-5-3-7-20-13/h9-10,13,17H,3-8,11H2,1-2H3. The van der Waals surface area contributed by atoms with Gasteiger partial charge in [-0.05, 0) is 43.4 Å². The van der Waals surface area contributed by atoms with Crippen molar-refractivity contribution in [3.05, 3.63) is 17.7 Å². The van der Waals surface area contributed by atoms with E-state index < -0.39 is 0 Å². The molecule has 0 spiro atoms. The van der Waals surface area contributed by atoms with Crippen molar-refractivity contribution in [1.29, 1.82) is 0 Å². The highest BCUT2D eigenvalue weighted by Gasteiger charge is 2.16. The van der Waals surface area contributed by atoms with Crippen molar-refractivity contribution >= 4 is 0 Å². The lowest BCUT2D eigenvalue weighted by atomic mass is 10.1. The van der Waals surface area contributed by atoms with Crippen LogP contribution >= 0.6 is 0 Å². The molecular weight excluding hydrogens is 272 g/mol. The molecule has 1 aliphatic rings. The van der Waals surface area contributed by atoms with Gasteiger partial charge in [0.25, 0.3) is 0 Å². The first kappa shape index (κ1) is 15.9. The maximum atomic E-state index is 9.24. The van der Waals surface area contributed by atoms with Gasteiger partial charge < -0.3 is 24.1 Å². The highest BCUT2D eigenvalue weighted by Crippen LogP contribution is 2.38. The number of aliphatic hydroxyl groups is 1. The van der Waals surface area contributed by atoms with Gasteiger partial charge >= 0.3 is 0 Å². The van der Waals surface area contributed by atoms with E-state index in [0.29, 0.717) is 30.0 Å². The molecule has 5 heteroatoms. The number of hydrogen-bond donors (Lipinski definition) is 1. The number of aliphatic hydroxyl groups excluding tert-OH is 1. The lowest BCUT2D eigenvalue weighted by Crippen LogP contribution is -2.08. The minimum atomic E-state index is -0.0635. The maximum Gasteiger partial charge on any atom is 0.203 e. The zero-order chi connectivity index (χ0) is 15.1. The molecular formula is C16H24O5. The van der Waals surface area contributed by atoms with E-state index in [-0.39, 0.29) is 6.61 Å². The third-order valence-corrected chi connectivity index (χ3v) is 3.64. The summed E-state index contributed by atoms with van der Waals surface area (Å²) in [5, 5.41) is 9.24. The molecule has 1 aliphatic heterocycles. The van der Waals surface area contributed by atoms with Crippen molar-refractivity contribution in [3.63, 3.8) is 0 Å². The van der Waals surface area contributed by atoms with Crippen LogP contribution in [0.2, 0.25) is 0 Å². The van der Waals surface area contributed by atoms with Gasteiger partial charge in [0.1, 0.15) is 0 Å². The molecule has 21 heavy (non-hydrogen) atoms. The summed E-state index contributed by atoms with van der Waals surface area (Å²) in [6.07, 6.45) is 4.64. The zero-order valence-electron chi connectivity index (χ0n) is 12.8. The van der Waals surface area contributed by atoms with Crippen molar-refractivity contribution in [3.8, 4) is 17.2 Å². The van der Waals surface area contributed by atoms with E-state index in [1.165, 1.54) is 0 Å². The van der Waals surface area contributed by atoms with Gasteiger partial charge in [-0.15, -0.1) is 0 Å². The second kappa shape index (κ2) is 8.10. The molecule has 0 aromatic heterocycles. The number of methoxy groups -OCH3 is 2. The quantitative estimate of drug-likeness (QED) is 0.747. The normalized spacial score (nSPS) is 17.8. The summed E-state index contributed by atoms with van der Waals surface area (Å²) < 4.78 is 22.1. The Labute approximate surface area is 125 Å². The monoisotopic (exact) mass is 296 g/mol. The minimum absolute atomic E-state index is 0.0635. The van der Waals surface area contributed by atoms with Gasteiger partial charge in [0.05, 0.1) is 33.5 Å². The van der Waals surface area contributed by atoms with E-state index in [2.05, 4.69) is 0 Å². The van der Waals surface area contributed by atoms with Gasteiger partial charge in [0.15, 0.2) is 11.5 Å². The molecule has 0 amide bonds. The second-order valence-corrected chi connectivity index (χ2v) is 5.11. The highest BCUT2D eigenvalue weighted by molar-refractivity contribution is 5.53.